The van der Waals surface area contributed by atoms with Gasteiger partial charge < -0.3 is 15.2 Å². The summed E-state index contributed by atoms with van der Waals surface area (Å²) in [6.07, 6.45) is -0.767. The summed E-state index contributed by atoms with van der Waals surface area (Å²) in [7, 11) is 0. The molecular formula is C22H25F3N2O2. The van der Waals surface area contributed by atoms with E-state index in [1.165, 1.54) is 12.1 Å². The molecule has 2 fully saturated rings. The molecule has 2 N–H and O–H groups in total. The van der Waals surface area contributed by atoms with E-state index < -0.39 is 6.36 Å². The van der Waals surface area contributed by atoms with Gasteiger partial charge in [0.1, 0.15) is 11.5 Å². The van der Waals surface area contributed by atoms with Crippen molar-refractivity contribution in [2.45, 2.75) is 56.8 Å². The minimum absolute atomic E-state index is 0.00548. The maximum atomic E-state index is 12.7. The van der Waals surface area contributed by atoms with Gasteiger partial charge >= 0.3 is 6.36 Å². The van der Waals surface area contributed by atoms with E-state index in [0.717, 1.165) is 37.8 Å². The average Bonchev–Trinajstić information content (AvgIpc) is 3.48. The van der Waals surface area contributed by atoms with Crippen LogP contribution in [0.25, 0.3) is 0 Å². The number of rotatable bonds is 6. The molecule has 0 bridgehead atoms. The van der Waals surface area contributed by atoms with Crippen molar-refractivity contribution >= 4 is 0 Å². The SMILES string of the molecule is N[C@@H]1CCCN(Cc2cc(OC(F)(F)F)ccc2OC2CC2)[C@@H]1c1ccccc1. The van der Waals surface area contributed by atoms with Crippen molar-refractivity contribution < 1.29 is 22.6 Å². The van der Waals surface area contributed by atoms with Gasteiger partial charge in [0.2, 0.25) is 0 Å². The van der Waals surface area contributed by atoms with E-state index in [0.29, 0.717) is 17.9 Å². The van der Waals surface area contributed by atoms with Gasteiger partial charge in [-0.1, -0.05) is 30.3 Å². The second-order valence-electron chi connectivity index (χ2n) is 7.77. The third-order valence-electron chi connectivity index (χ3n) is 5.38. The molecule has 4 nitrogen and oxygen atoms in total. The highest BCUT2D eigenvalue weighted by atomic mass is 19.4. The van der Waals surface area contributed by atoms with Crippen LogP contribution in [0.5, 0.6) is 11.5 Å². The first-order chi connectivity index (χ1) is 13.9. The predicted molar refractivity (Wildman–Crippen MR) is 104 cm³/mol. The van der Waals surface area contributed by atoms with Crippen molar-refractivity contribution in [1.82, 2.24) is 4.90 Å². The fourth-order valence-corrected chi connectivity index (χ4v) is 3.96. The van der Waals surface area contributed by atoms with Crippen LogP contribution < -0.4 is 15.2 Å². The molecule has 1 saturated carbocycles. The lowest BCUT2D eigenvalue weighted by atomic mass is 9.90. The Morgan fingerprint density at radius 1 is 1.03 bits per heavy atom. The topological polar surface area (TPSA) is 47.7 Å². The Morgan fingerprint density at radius 3 is 2.48 bits per heavy atom. The molecule has 0 spiro atoms. The smallest absolute Gasteiger partial charge is 0.490 e. The van der Waals surface area contributed by atoms with Crippen LogP contribution in [-0.4, -0.2) is 30.0 Å². The fourth-order valence-electron chi connectivity index (χ4n) is 3.96. The van der Waals surface area contributed by atoms with Crippen molar-refractivity contribution in [2.24, 2.45) is 5.73 Å². The van der Waals surface area contributed by atoms with Gasteiger partial charge in [-0.25, -0.2) is 0 Å². The van der Waals surface area contributed by atoms with Gasteiger partial charge in [0.25, 0.3) is 0 Å². The lowest BCUT2D eigenvalue weighted by molar-refractivity contribution is -0.274. The van der Waals surface area contributed by atoms with Crippen LogP contribution in [-0.2, 0) is 6.54 Å². The van der Waals surface area contributed by atoms with Crippen molar-refractivity contribution in [3.8, 4) is 11.5 Å². The van der Waals surface area contributed by atoms with E-state index in [1.807, 2.05) is 30.3 Å². The van der Waals surface area contributed by atoms with Gasteiger partial charge in [0, 0.05) is 18.2 Å². The molecule has 4 rings (SSSR count). The molecule has 1 heterocycles. The van der Waals surface area contributed by atoms with Gasteiger partial charge in [0.05, 0.1) is 12.1 Å². The number of hydrogen-bond donors (Lipinski definition) is 1. The van der Waals surface area contributed by atoms with E-state index >= 15 is 0 Å². The van der Waals surface area contributed by atoms with E-state index in [2.05, 4.69) is 9.64 Å². The summed E-state index contributed by atoms with van der Waals surface area (Å²) in [5.74, 6) is 0.390. The van der Waals surface area contributed by atoms with Crippen LogP contribution in [0.4, 0.5) is 13.2 Å². The lowest BCUT2D eigenvalue weighted by Gasteiger charge is -2.40. The summed E-state index contributed by atoms with van der Waals surface area (Å²) in [5, 5.41) is 0. The van der Waals surface area contributed by atoms with Crippen LogP contribution in [0.15, 0.2) is 48.5 Å². The highest BCUT2D eigenvalue weighted by Gasteiger charge is 2.34. The number of hydrogen-bond acceptors (Lipinski definition) is 4. The van der Waals surface area contributed by atoms with Crippen LogP contribution in [0, 0.1) is 0 Å². The molecule has 2 aromatic rings. The molecule has 0 amide bonds. The van der Waals surface area contributed by atoms with Gasteiger partial charge in [0.15, 0.2) is 0 Å². The minimum atomic E-state index is -4.73. The third-order valence-corrected chi connectivity index (χ3v) is 5.38. The Labute approximate surface area is 168 Å². The minimum Gasteiger partial charge on any atom is -0.490 e. The lowest BCUT2D eigenvalue weighted by Crippen LogP contribution is -2.45. The van der Waals surface area contributed by atoms with Crippen molar-refractivity contribution in [2.75, 3.05) is 6.54 Å². The number of halogens is 3. The molecule has 156 valence electrons. The van der Waals surface area contributed by atoms with Crippen LogP contribution in [0.2, 0.25) is 0 Å². The molecule has 0 aromatic heterocycles. The Balaban J connectivity index is 1.62. The number of nitrogens with two attached hydrogens (primary N) is 1. The summed E-state index contributed by atoms with van der Waals surface area (Å²) in [6, 6.07) is 14.3. The Bertz CT molecular complexity index is 825. The maximum Gasteiger partial charge on any atom is 0.573 e. The van der Waals surface area contributed by atoms with Gasteiger partial charge in [-0.05, 0) is 56.0 Å². The molecule has 29 heavy (non-hydrogen) atoms. The molecular weight excluding hydrogens is 381 g/mol. The van der Waals surface area contributed by atoms with E-state index in [4.69, 9.17) is 10.5 Å². The largest absolute Gasteiger partial charge is 0.573 e. The zero-order valence-corrected chi connectivity index (χ0v) is 16.1. The molecule has 1 aliphatic carbocycles. The normalized spacial score (nSPS) is 23.0. The van der Waals surface area contributed by atoms with E-state index in [9.17, 15) is 13.2 Å². The Morgan fingerprint density at radius 2 is 1.79 bits per heavy atom. The second-order valence-corrected chi connectivity index (χ2v) is 7.77. The van der Waals surface area contributed by atoms with Gasteiger partial charge in [-0.3, -0.25) is 4.90 Å². The monoisotopic (exact) mass is 406 g/mol. The third kappa shape index (κ3) is 5.22. The number of piperidine rings is 1. The summed E-state index contributed by atoms with van der Waals surface area (Å²) < 4.78 is 48.2. The summed E-state index contributed by atoms with van der Waals surface area (Å²) in [6.45, 7) is 1.27. The highest BCUT2D eigenvalue weighted by Crippen LogP contribution is 2.37. The van der Waals surface area contributed by atoms with Crippen molar-refractivity contribution in [1.29, 1.82) is 0 Å². The summed E-state index contributed by atoms with van der Waals surface area (Å²) in [4.78, 5) is 2.23. The average molecular weight is 406 g/mol. The molecule has 2 atom stereocenters. The molecule has 1 saturated heterocycles. The van der Waals surface area contributed by atoms with E-state index in [1.54, 1.807) is 6.07 Å². The number of alkyl halides is 3. The first-order valence-electron chi connectivity index (χ1n) is 9.99. The van der Waals surface area contributed by atoms with Crippen LogP contribution >= 0.6 is 0 Å². The molecule has 2 aliphatic rings. The predicted octanol–water partition coefficient (Wildman–Crippen LogP) is 4.79. The molecule has 1 aliphatic heterocycles. The Hall–Kier alpha value is -2.25. The Kier molecular flexibility index (Phi) is 5.69. The molecule has 7 heteroatoms. The number of nitrogens with zero attached hydrogens (tertiary/aromatic N) is 1. The van der Waals surface area contributed by atoms with Crippen LogP contribution in [0.3, 0.4) is 0 Å². The molecule has 0 radical (unpaired) electrons. The van der Waals surface area contributed by atoms with Gasteiger partial charge in [-0.2, -0.15) is 0 Å². The summed E-state index contributed by atoms with van der Waals surface area (Å²) >= 11 is 0. The van der Waals surface area contributed by atoms with Gasteiger partial charge in [-0.15, -0.1) is 13.2 Å². The highest BCUT2D eigenvalue weighted by molar-refractivity contribution is 5.41. The number of benzene rings is 2. The first kappa shape index (κ1) is 20.0. The fraction of sp³-hybridized carbons (Fsp3) is 0.455. The standard InChI is InChI=1S/C22H25F3N2O2/c23-22(24,25)29-18-10-11-20(28-17-8-9-17)16(13-18)14-27-12-4-7-19(26)21(27)15-5-2-1-3-6-15/h1-3,5-6,10-11,13,17,19,21H,4,7-9,12,14,26H2/t19-,21-/m1/s1. The summed E-state index contributed by atoms with van der Waals surface area (Å²) in [5.41, 5.74) is 8.26. The van der Waals surface area contributed by atoms with Crippen molar-refractivity contribution in [3.05, 3.63) is 59.7 Å². The zero-order valence-electron chi connectivity index (χ0n) is 16.1. The maximum absolute atomic E-state index is 12.7. The van der Waals surface area contributed by atoms with E-state index in [-0.39, 0.29) is 23.9 Å². The molecule has 0 unspecified atom stereocenters. The number of likely N-dealkylation sites (tertiary alicyclic amines) is 1. The first-order valence-corrected chi connectivity index (χ1v) is 9.99. The van der Waals surface area contributed by atoms with Crippen LogP contribution in [0.1, 0.15) is 42.9 Å². The molecule has 2 aromatic carbocycles. The second kappa shape index (κ2) is 8.24. The van der Waals surface area contributed by atoms with Crippen molar-refractivity contribution in [3.63, 3.8) is 0 Å². The number of ether oxygens (including phenoxy) is 2. The quantitative estimate of drug-likeness (QED) is 0.749. The zero-order chi connectivity index (χ0) is 20.4.